The van der Waals surface area contributed by atoms with Gasteiger partial charge in [0.25, 0.3) is 0 Å². The lowest BCUT2D eigenvalue weighted by Gasteiger charge is -2.08. The molecule has 1 saturated carbocycles. The molecule has 0 amide bonds. The number of aryl methyl sites for hydroxylation is 1. The number of anilines is 1. The van der Waals surface area contributed by atoms with Crippen LogP contribution in [0.5, 0.6) is 0 Å². The Morgan fingerprint density at radius 2 is 2.15 bits per heavy atom. The maximum absolute atomic E-state index is 13.3. The molecule has 0 saturated heterocycles. The van der Waals surface area contributed by atoms with Crippen molar-refractivity contribution in [3.63, 3.8) is 0 Å². The van der Waals surface area contributed by atoms with Crippen LogP contribution in [0.15, 0.2) is 18.2 Å². The van der Waals surface area contributed by atoms with Crippen molar-refractivity contribution in [2.45, 2.75) is 45.6 Å². The molecule has 2 aromatic rings. The fourth-order valence-electron chi connectivity index (χ4n) is 2.69. The van der Waals surface area contributed by atoms with Crippen LogP contribution >= 0.6 is 0 Å². The summed E-state index contributed by atoms with van der Waals surface area (Å²) in [6.07, 6.45) is 3.42. The first-order chi connectivity index (χ1) is 9.61. The Balaban J connectivity index is 2.11. The second kappa shape index (κ2) is 4.93. The summed E-state index contributed by atoms with van der Waals surface area (Å²) in [7, 11) is 0. The van der Waals surface area contributed by atoms with Crippen LogP contribution in [0.1, 0.15) is 43.5 Å². The molecular formula is C16H20FN3. The molecule has 0 spiro atoms. The van der Waals surface area contributed by atoms with E-state index in [1.807, 2.05) is 6.92 Å². The third-order valence-electron chi connectivity index (χ3n) is 3.87. The van der Waals surface area contributed by atoms with Crippen molar-refractivity contribution in [1.29, 1.82) is 0 Å². The summed E-state index contributed by atoms with van der Waals surface area (Å²) in [5, 5.41) is 0. The number of nitrogens with two attached hydrogens (primary N) is 1. The highest BCUT2D eigenvalue weighted by molar-refractivity contribution is 5.73. The highest BCUT2D eigenvalue weighted by Crippen LogP contribution is 2.42. The van der Waals surface area contributed by atoms with Gasteiger partial charge in [-0.25, -0.2) is 9.37 Å². The van der Waals surface area contributed by atoms with Gasteiger partial charge < -0.3 is 10.3 Å². The number of hydrogen-bond donors (Lipinski definition) is 1. The van der Waals surface area contributed by atoms with Gasteiger partial charge in [-0.15, -0.1) is 0 Å². The molecule has 4 heteroatoms. The molecule has 106 valence electrons. The van der Waals surface area contributed by atoms with Crippen LogP contribution < -0.4 is 5.73 Å². The molecule has 0 unspecified atom stereocenters. The van der Waals surface area contributed by atoms with Crippen molar-refractivity contribution in [1.82, 2.24) is 9.55 Å². The van der Waals surface area contributed by atoms with Crippen molar-refractivity contribution < 1.29 is 4.39 Å². The molecule has 3 nitrogen and oxygen atoms in total. The fraction of sp³-hybridized carbons (Fsp3) is 0.438. The fourth-order valence-corrected chi connectivity index (χ4v) is 2.69. The third kappa shape index (κ3) is 2.19. The number of imidazole rings is 1. The van der Waals surface area contributed by atoms with E-state index in [1.54, 1.807) is 6.07 Å². The topological polar surface area (TPSA) is 43.8 Å². The number of hydrogen-bond acceptors (Lipinski definition) is 2. The Kier molecular flexibility index (Phi) is 3.24. The van der Waals surface area contributed by atoms with E-state index in [1.165, 1.54) is 25.0 Å². The summed E-state index contributed by atoms with van der Waals surface area (Å²) in [6, 6.07) is 4.78. The van der Waals surface area contributed by atoms with Crippen LogP contribution in [0.25, 0.3) is 11.3 Å². The highest BCUT2D eigenvalue weighted by atomic mass is 19.1. The van der Waals surface area contributed by atoms with Gasteiger partial charge in [0.1, 0.15) is 23.2 Å². The summed E-state index contributed by atoms with van der Waals surface area (Å²) in [6.45, 7) is 4.93. The number of nitrogen functional groups attached to an aromatic ring is 1. The Hall–Kier alpha value is -1.84. The van der Waals surface area contributed by atoms with E-state index in [4.69, 9.17) is 10.7 Å². The Bertz CT molecular complexity index is 641. The summed E-state index contributed by atoms with van der Waals surface area (Å²) in [5.74, 6) is 2.14. The monoisotopic (exact) mass is 273 g/mol. The van der Waals surface area contributed by atoms with Gasteiger partial charge in [-0.05, 0) is 49.9 Å². The van der Waals surface area contributed by atoms with E-state index < -0.39 is 0 Å². The van der Waals surface area contributed by atoms with Crippen molar-refractivity contribution in [3.05, 3.63) is 35.4 Å². The molecule has 0 radical (unpaired) electrons. The third-order valence-corrected chi connectivity index (χ3v) is 3.87. The number of benzene rings is 1. The smallest absolute Gasteiger partial charge is 0.131 e. The van der Waals surface area contributed by atoms with E-state index in [9.17, 15) is 4.39 Å². The predicted molar refractivity (Wildman–Crippen MR) is 79.0 cm³/mol. The average molecular weight is 273 g/mol. The van der Waals surface area contributed by atoms with Gasteiger partial charge in [0, 0.05) is 18.0 Å². The van der Waals surface area contributed by atoms with E-state index in [2.05, 4.69) is 11.5 Å². The molecule has 2 N–H and O–H groups in total. The zero-order valence-electron chi connectivity index (χ0n) is 12.0. The standard InChI is InChI=1S/C16H20FN3/c1-3-8-20-15(18)14(19-16(20)11-4-5-11)13-7-6-12(17)9-10(13)2/h6-7,9,11H,3-5,8,18H2,1-2H3. The molecule has 1 aromatic heterocycles. The van der Waals surface area contributed by atoms with Gasteiger partial charge >= 0.3 is 0 Å². The minimum Gasteiger partial charge on any atom is -0.383 e. The first-order valence-corrected chi connectivity index (χ1v) is 7.24. The highest BCUT2D eigenvalue weighted by Gasteiger charge is 2.31. The normalized spacial score (nSPS) is 14.8. The molecule has 1 aliphatic carbocycles. The quantitative estimate of drug-likeness (QED) is 0.919. The zero-order chi connectivity index (χ0) is 14.3. The average Bonchev–Trinajstić information content (AvgIpc) is 3.19. The predicted octanol–water partition coefficient (Wildman–Crippen LogP) is 3.87. The molecule has 1 aliphatic rings. The van der Waals surface area contributed by atoms with Gasteiger partial charge in [-0.1, -0.05) is 6.92 Å². The van der Waals surface area contributed by atoms with Crippen LogP contribution in [0.2, 0.25) is 0 Å². The Morgan fingerprint density at radius 1 is 1.40 bits per heavy atom. The first-order valence-electron chi connectivity index (χ1n) is 7.24. The minimum absolute atomic E-state index is 0.222. The molecule has 1 fully saturated rings. The summed E-state index contributed by atoms with van der Waals surface area (Å²) < 4.78 is 15.4. The molecule has 0 bridgehead atoms. The van der Waals surface area contributed by atoms with Gasteiger partial charge in [0.15, 0.2) is 0 Å². The lowest BCUT2D eigenvalue weighted by atomic mass is 10.1. The van der Waals surface area contributed by atoms with Gasteiger partial charge in [-0.2, -0.15) is 0 Å². The Labute approximate surface area is 118 Å². The van der Waals surface area contributed by atoms with E-state index >= 15 is 0 Å². The van der Waals surface area contributed by atoms with Crippen molar-refractivity contribution in [2.24, 2.45) is 0 Å². The lowest BCUT2D eigenvalue weighted by molar-refractivity contribution is 0.627. The maximum atomic E-state index is 13.3. The first kappa shape index (κ1) is 13.2. The number of halogens is 1. The molecule has 0 aliphatic heterocycles. The molecule has 3 rings (SSSR count). The molecule has 0 atom stereocenters. The van der Waals surface area contributed by atoms with Crippen molar-refractivity contribution in [2.75, 3.05) is 5.73 Å². The maximum Gasteiger partial charge on any atom is 0.131 e. The second-order valence-electron chi connectivity index (χ2n) is 5.59. The van der Waals surface area contributed by atoms with Crippen molar-refractivity contribution in [3.8, 4) is 11.3 Å². The summed E-state index contributed by atoms with van der Waals surface area (Å²) in [4.78, 5) is 4.77. The SMILES string of the molecule is CCCn1c(C2CC2)nc(-c2ccc(F)cc2C)c1N. The van der Waals surface area contributed by atoms with Crippen LogP contribution in [0.4, 0.5) is 10.2 Å². The van der Waals surface area contributed by atoms with Crippen LogP contribution in [-0.2, 0) is 6.54 Å². The van der Waals surface area contributed by atoms with Gasteiger partial charge in [-0.3, -0.25) is 0 Å². The number of aromatic nitrogens is 2. The number of nitrogens with zero attached hydrogens (tertiary/aromatic N) is 2. The second-order valence-corrected chi connectivity index (χ2v) is 5.59. The Morgan fingerprint density at radius 3 is 2.75 bits per heavy atom. The largest absolute Gasteiger partial charge is 0.383 e. The lowest BCUT2D eigenvalue weighted by Crippen LogP contribution is -2.06. The van der Waals surface area contributed by atoms with E-state index in [0.717, 1.165) is 35.6 Å². The van der Waals surface area contributed by atoms with E-state index in [0.29, 0.717) is 11.7 Å². The minimum atomic E-state index is -0.222. The molecule has 1 aromatic carbocycles. The molecular weight excluding hydrogens is 253 g/mol. The summed E-state index contributed by atoms with van der Waals surface area (Å²) >= 11 is 0. The van der Waals surface area contributed by atoms with E-state index in [-0.39, 0.29) is 5.82 Å². The molecule has 20 heavy (non-hydrogen) atoms. The van der Waals surface area contributed by atoms with Crippen LogP contribution in [-0.4, -0.2) is 9.55 Å². The zero-order valence-corrected chi connectivity index (χ0v) is 12.0. The van der Waals surface area contributed by atoms with Crippen LogP contribution in [0, 0.1) is 12.7 Å². The van der Waals surface area contributed by atoms with Crippen molar-refractivity contribution >= 4 is 5.82 Å². The summed E-state index contributed by atoms with van der Waals surface area (Å²) in [5.41, 5.74) is 8.91. The molecule has 1 heterocycles. The van der Waals surface area contributed by atoms with Gasteiger partial charge in [0.2, 0.25) is 0 Å². The van der Waals surface area contributed by atoms with Crippen LogP contribution in [0.3, 0.4) is 0 Å². The van der Waals surface area contributed by atoms with Gasteiger partial charge in [0.05, 0.1) is 0 Å². The number of rotatable bonds is 4.